The number of fused-ring (bicyclic) bond motifs is 1. The summed E-state index contributed by atoms with van der Waals surface area (Å²) in [5.74, 6) is 0.520. The minimum atomic E-state index is -0.778. The van der Waals surface area contributed by atoms with Gasteiger partial charge in [0.05, 0.1) is 24.1 Å². The SMILES string of the molecule is Cc1cnn(C)c1-c1cnc2c(c1)NC(=O)C1(CCN(C#N)C1)N2. The van der Waals surface area contributed by atoms with E-state index in [2.05, 4.69) is 26.9 Å². The highest BCUT2D eigenvalue weighted by Crippen LogP contribution is 2.36. The van der Waals surface area contributed by atoms with Crippen molar-refractivity contribution in [2.24, 2.45) is 7.05 Å². The lowest BCUT2D eigenvalue weighted by Crippen LogP contribution is -2.54. The normalized spacial score (nSPS) is 22.0. The number of aryl methyl sites for hydroxylation is 2. The summed E-state index contributed by atoms with van der Waals surface area (Å²) in [4.78, 5) is 18.7. The molecule has 0 aromatic carbocycles. The van der Waals surface area contributed by atoms with E-state index in [0.717, 1.165) is 16.8 Å². The monoisotopic (exact) mass is 323 g/mol. The molecule has 8 nitrogen and oxygen atoms in total. The minimum absolute atomic E-state index is 0.117. The molecule has 2 aromatic rings. The van der Waals surface area contributed by atoms with E-state index in [-0.39, 0.29) is 5.91 Å². The van der Waals surface area contributed by atoms with E-state index in [1.807, 2.05) is 20.0 Å². The number of carbonyl (C=O) groups excluding carboxylic acids is 1. The third-order valence-corrected chi connectivity index (χ3v) is 4.73. The van der Waals surface area contributed by atoms with E-state index >= 15 is 0 Å². The largest absolute Gasteiger partial charge is 0.353 e. The molecule has 2 N–H and O–H groups in total. The molecule has 1 spiro atoms. The average molecular weight is 323 g/mol. The number of nitrogens with one attached hydrogen (secondary N) is 2. The van der Waals surface area contributed by atoms with Gasteiger partial charge in [0, 0.05) is 25.4 Å². The quantitative estimate of drug-likeness (QED) is 0.762. The molecule has 1 fully saturated rings. The Kier molecular flexibility index (Phi) is 3.00. The first-order valence-electron chi connectivity index (χ1n) is 7.76. The van der Waals surface area contributed by atoms with Gasteiger partial charge in [0.1, 0.15) is 5.54 Å². The molecule has 0 saturated carbocycles. The lowest BCUT2D eigenvalue weighted by molar-refractivity contribution is -0.120. The number of amides is 1. The van der Waals surface area contributed by atoms with Crippen molar-refractivity contribution < 1.29 is 4.79 Å². The lowest BCUT2D eigenvalue weighted by atomic mass is 9.94. The highest BCUT2D eigenvalue weighted by Gasteiger charge is 2.47. The number of anilines is 2. The Labute approximate surface area is 139 Å². The van der Waals surface area contributed by atoms with Crippen LogP contribution in [0.25, 0.3) is 11.3 Å². The first-order valence-corrected chi connectivity index (χ1v) is 7.76. The summed E-state index contributed by atoms with van der Waals surface area (Å²) in [6.45, 7) is 2.92. The maximum absolute atomic E-state index is 12.6. The minimum Gasteiger partial charge on any atom is -0.353 e. The second-order valence-electron chi connectivity index (χ2n) is 6.35. The number of rotatable bonds is 1. The maximum Gasteiger partial charge on any atom is 0.252 e. The molecule has 1 atom stereocenters. The highest BCUT2D eigenvalue weighted by atomic mass is 16.2. The van der Waals surface area contributed by atoms with Gasteiger partial charge in [-0.2, -0.15) is 10.4 Å². The summed E-state index contributed by atoms with van der Waals surface area (Å²) in [5, 5.41) is 19.5. The van der Waals surface area contributed by atoms with Crippen LogP contribution < -0.4 is 10.6 Å². The summed E-state index contributed by atoms with van der Waals surface area (Å²) in [6.07, 6.45) is 6.26. The molecular weight excluding hydrogens is 306 g/mol. The van der Waals surface area contributed by atoms with Crippen molar-refractivity contribution in [2.45, 2.75) is 18.9 Å². The number of pyridine rings is 1. The van der Waals surface area contributed by atoms with Gasteiger partial charge in [-0.3, -0.25) is 9.48 Å². The molecule has 4 rings (SSSR count). The first kappa shape index (κ1) is 14.5. The summed E-state index contributed by atoms with van der Waals surface area (Å²) in [5.41, 5.74) is 2.79. The molecule has 4 heterocycles. The molecule has 1 unspecified atom stereocenters. The number of hydrogen-bond acceptors (Lipinski definition) is 6. The standard InChI is InChI=1S/C16H17N7O/c1-10-6-19-22(2)13(10)11-5-12-14(18-7-11)21-16(15(24)20-12)3-4-23(8-16)9-17/h5-7H,3-4,8H2,1-2H3,(H,18,21)(H,20,24). The fraction of sp³-hybridized carbons (Fsp3) is 0.375. The van der Waals surface area contributed by atoms with E-state index in [0.29, 0.717) is 31.0 Å². The van der Waals surface area contributed by atoms with Crippen LogP contribution in [0.4, 0.5) is 11.5 Å². The van der Waals surface area contributed by atoms with Crippen LogP contribution in [0.5, 0.6) is 0 Å². The molecule has 2 aliphatic rings. The highest BCUT2D eigenvalue weighted by molar-refractivity contribution is 6.06. The number of aromatic nitrogens is 3. The van der Waals surface area contributed by atoms with Crippen LogP contribution in [0.15, 0.2) is 18.5 Å². The first-order chi connectivity index (χ1) is 11.5. The summed E-state index contributed by atoms with van der Waals surface area (Å²) >= 11 is 0. The van der Waals surface area contributed by atoms with E-state index in [1.165, 1.54) is 0 Å². The third-order valence-electron chi connectivity index (χ3n) is 4.73. The van der Waals surface area contributed by atoms with Crippen LogP contribution >= 0.6 is 0 Å². The van der Waals surface area contributed by atoms with Crippen LogP contribution in [-0.2, 0) is 11.8 Å². The Bertz CT molecular complexity index is 862. The summed E-state index contributed by atoms with van der Waals surface area (Å²) in [6, 6.07) is 1.90. The smallest absolute Gasteiger partial charge is 0.252 e. The Hall–Kier alpha value is -3.08. The Morgan fingerprint density at radius 2 is 2.25 bits per heavy atom. The Morgan fingerprint density at radius 1 is 1.42 bits per heavy atom. The number of carbonyl (C=O) groups is 1. The number of nitrogens with zero attached hydrogens (tertiary/aromatic N) is 5. The van der Waals surface area contributed by atoms with Crippen LogP contribution in [-0.4, -0.2) is 44.2 Å². The van der Waals surface area contributed by atoms with Gasteiger partial charge < -0.3 is 15.5 Å². The molecule has 1 amide bonds. The fourth-order valence-electron chi connectivity index (χ4n) is 3.46. The predicted octanol–water partition coefficient (Wildman–Crippen LogP) is 1.08. The second-order valence-corrected chi connectivity index (χ2v) is 6.35. The second kappa shape index (κ2) is 4.96. The van der Waals surface area contributed by atoms with Crippen LogP contribution in [0.3, 0.4) is 0 Å². The number of nitriles is 1. The zero-order valence-corrected chi connectivity index (χ0v) is 13.5. The van der Waals surface area contributed by atoms with Gasteiger partial charge in [-0.1, -0.05) is 0 Å². The molecule has 24 heavy (non-hydrogen) atoms. The van der Waals surface area contributed by atoms with Crippen molar-refractivity contribution in [3.05, 3.63) is 24.0 Å². The van der Waals surface area contributed by atoms with Gasteiger partial charge in [-0.05, 0) is 25.0 Å². The van der Waals surface area contributed by atoms with Crippen molar-refractivity contribution in [1.82, 2.24) is 19.7 Å². The van der Waals surface area contributed by atoms with Crippen molar-refractivity contribution in [1.29, 1.82) is 5.26 Å². The van der Waals surface area contributed by atoms with Crippen molar-refractivity contribution in [2.75, 3.05) is 23.7 Å². The van der Waals surface area contributed by atoms with Crippen LogP contribution in [0.1, 0.15) is 12.0 Å². The molecule has 122 valence electrons. The van der Waals surface area contributed by atoms with Gasteiger partial charge in [0.15, 0.2) is 12.0 Å². The zero-order valence-electron chi connectivity index (χ0n) is 13.5. The molecule has 2 aliphatic heterocycles. The van der Waals surface area contributed by atoms with E-state index in [1.54, 1.807) is 22.0 Å². The van der Waals surface area contributed by atoms with Gasteiger partial charge in [0.25, 0.3) is 5.91 Å². The maximum atomic E-state index is 12.6. The third kappa shape index (κ3) is 2.01. The molecule has 0 radical (unpaired) electrons. The van der Waals surface area contributed by atoms with Crippen LogP contribution in [0, 0.1) is 18.4 Å². The van der Waals surface area contributed by atoms with Crippen LogP contribution in [0.2, 0.25) is 0 Å². The van der Waals surface area contributed by atoms with Gasteiger partial charge in [-0.25, -0.2) is 4.98 Å². The van der Waals surface area contributed by atoms with E-state index in [9.17, 15) is 4.79 Å². The van der Waals surface area contributed by atoms with Crippen molar-refractivity contribution in [3.63, 3.8) is 0 Å². The number of likely N-dealkylation sites (tertiary alicyclic amines) is 1. The van der Waals surface area contributed by atoms with Crippen molar-refractivity contribution >= 4 is 17.4 Å². The molecule has 0 aliphatic carbocycles. The van der Waals surface area contributed by atoms with E-state index in [4.69, 9.17) is 5.26 Å². The van der Waals surface area contributed by atoms with Gasteiger partial charge in [0.2, 0.25) is 0 Å². The zero-order chi connectivity index (χ0) is 16.9. The van der Waals surface area contributed by atoms with Gasteiger partial charge in [-0.15, -0.1) is 0 Å². The van der Waals surface area contributed by atoms with Gasteiger partial charge >= 0.3 is 0 Å². The number of hydrogen-bond donors (Lipinski definition) is 2. The predicted molar refractivity (Wildman–Crippen MR) is 88.0 cm³/mol. The van der Waals surface area contributed by atoms with Crippen molar-refractivity contribution in [3.8, 4) is 17.5 Å². The molecule has 8 heteroatoms. The fourth-order valence-corrected chi connectivity index (χ4v) is 3.46. The Morgan fingerprint density at radius 3 is 2.92 bits per heavy atom. The van der Waals surface area contributed by atoms with E-state index < -0.39 is 5.54 Å². The molecule has 0 bridgehead atoms. The Balaban J connectivity index is 1.70. The topological polar surface area (TPSA) is 98.9 Å². The lowest BCUT2D eigenvalue weighted by Gasteiger charge is -2.34. The molecule has 2 aromatic heterocycles. The molecule has 1 saturated heterocycles. The average Bonchev–Trinajstić information content (AvgIpc) is 3.13. The molecular formula is C16H17N7O. The summed E-state index contributed by atoms with van der Waals surface area (Å²) < 4.78 is 1.79. The summed E-state index contributed by atoms with van der Waals surface area (Å²) in [7, 11) is 1.88.